The van der Waals surface area contributed by atoms with Crippen LogP contribution in [0.3, 0.4) is 0 Å². The molecule has 0 bridgehead atoms. The first-order chi connectivity index (χ1) is 15.7. The summed E-state index contributed by atoms with van der Waals surface area (Å²) in [5.41, 5.74) is 2.30. The molecule has 0 aromatic heterocycles. The Hall–Kier alpha value is -2.18. The highest BCUT2D eigenvalue weighted by Gasteiger charge is 2.33. The summed E-state index contributed by atoms with van der Waals surface area (Å²) in [6.45, 7) is 8.83. The van der Waals surface area contributed by atoms with Crippen LogP contribution in [0.4, 0.5) is 11.4 Å². The first-order valence-electron chi connectivity index (χ1n) is 11.0. The smallest absolute Gasteiger partial charge is 0.313 e. The van der Waals surface area contributed by atoms with Gasteiger partial charge in [-0.3, -0.25) is 0 Å². The summed E-state index contributed by atoms with van der Waals surface area (Å²) in [5.74, 6) is 0. The highest BCUT2D eigenvalue weighted by Crippen LogP contribution is 2.33. The second kappa shape index (κ2) is 9.59. The van der Waals surface area contributed by atoms with Gasteiger partial charge in [-0.15, -0.1) is 3.63 Å². The Morgan fingerprint density at radius 3 is 1.39 bits per heavy atom. The van der Waals surface area contributed by atoms with E-state index in [0.29, 0.717) is 74.9 Å². The predicted molar refractivity (Wildman–Crippen MR) is 128 cm³/mol. The van der Waals surface area contributed by atoms with Gasteiger partial charge in [0, 0.05) is 52.4 Å². The lowest BCUT2D eigenvalue weighted by Crippen LogP contribution is -2.44. The van der Waals surface area contributed by atoms with Crippen LogP contribution in [0.1, 0.15) is 11.1 Å². The molecule has 180 valence electrons. The van der Waals surface area contributed by atoms with Crippen molar-refractivity contribution < 1.29 is 20.5 Å². The minimum absolute atomic E-state index is 0.135. The zero-order chi connectivity index (χ0) is 23.6. The molecule has 2 fully saturated rings. The van der Waals surface area contributed by atoms with E-state index in [-0.39, 0.29) is 9.79 Å². The van der Waals surface area contributed by atoms with Crippen LogP contribution in [0.2, 0.25) is 0 Å². The van der Waals surface area contributed by atoms with Crippen LogP contribution in [-0.4, -0.2) is 69.2 Å². The van der Waals surface area contributed by atoms with E-state index >= 15 is 0 Å². The number of piperazine rings is 2. The number of hydrogen-bond acceptors (Lipinski definition) is 9. The lowest BCUT2D eigenvalue weighted by Gasteiger charge is -2.31. The average Bonchev–Trinajstić information content (AvgIpc) is 2.79. The Labute approximate surface area is 196 Å². The highest BCUT2D eigenvalue weighted by molar-refractivity contribution is 8.00. The van der Waals surface area contributed by atoms with E-state index in [1.165, 1.54) is 12.1 Å². The SMILES string of the molecule is Cc1ccc(N2CCNCC2)c(S(=O)(=O)OS(=O)(=O)c2cc(C)ccc2N2CCNCC2)c1. The van der Waals surface area contributed by atoms with E-state index in [1.807, 2.05) is 21.9 Å². The standard InChI is InChI=1S/C22H30N4O5S2/c1-17-3-5-19(25-11-7-23-8-12-25)21(15-17)32(27,28)31-33(29,30)22-16-18(2)4-6-20(22)26-13-9-24-10-14-26/h3-6,15-16,23-24H,7-14H2,1-2H3. The Kier molecular flexibility index (Phi) is 6.96. The molecule has 33 heavy (non-hydrogen) atoms. The molecule has 0 radical (unpaired) electrons. The van der Waals surface area contributed by atoms with Crippen molar-refractivity contribution in [2.24, 2.45) is 0 Å². The highest BCUT2D eigenvalue weighted by atomic mass is 32.3. The summed E-state index contributed by atoms with van der Waals surface area (Å²) < 4.78 is 58.4. The fourth-order valence-corrected chi connectivity index (χ4v) is 7.27. The van der Waals surface area contributed by atoms with E-state index in [1.54, 1.807) is 26.0 Å². The maximum atomic E-state index is 13.3. The normalized spacial score (nSPS) is 17.9. The third kappa shape index (κ3) is 5.33. The second-order valence-electron chi connectivity index (χ2n) is 8.39. The van der Waals surface area contributed by atoms with Gasteiger partial charge in [0.2, 0.25) is 0 Å². The Morgan fingerprint density at radius 2 is 1.03 bits per heavy atom. The van der Waals surface area contributed by atoms with Crippen LogP contribution < -0.4 is 20.4 Å². The Bertz CT molecular complexity index is 1120. The zero-order valence-electron chi connectivity index (χ0n) is 18.9. The van der Waals surface area contributed by atoms with Crippen molar-refractivity contribution in [2.45, 2.75) is 23.6 Å². The number of rotatable bonds is 6. The minimum atomic E-state index is -4.61. The van der Waals surface area contributed by atoms with Gasteiger partial charge in [0.05, 0.1) is 11.4 Å². The molecule has 11 heteroatoms. The summed E-state index contributed by atoms with van der Waals surface area (Å²) in [7, 11) is -9.22. The van der Waals surface area contributed by atoms with Crippen molar-refractivity contribution in [3.63, 3.8) is 0 Å². The quantitative estimate of drug-likeness (QED) is 0.613. The number of nitrogens with zero attached hydrogens (tertiary/aromatic N) is 2. The van der Waals surface area contributed by atoms with E-state index in [0.717, 1.165) is 0 Å². The van der Waals surface area contributed by atoms with Crippen molar-refractivity contribution in [2.75, 3.05) is 62.2 Å². The van der Waals surface area contributed by atoms with Crippen LogP contribution in [0.25, 0.3) is 0 Å². The topological polar surface area (TPSA) is 108 Å². The van der Waals surface area contributed by atoms with Crippen molar-refractivity contribution in [1.82, 2.24) is 10.6 Å². The molecule has 0 aliphatic carbocycles. The van der Waals surface area contributed by atoms with Gasteiger partial charge in [0.1, 0.15) is 9.79 Å². The second-order valence-corrected chi connectivity index (χ2v) is 11.6. The maximum Gasteiger partial charge on any atom is 0.313 e. The van der Waals surface area contributed by atoms with E-state index < -0.39 is 20.2 Å². The summed E-state index contributed by atoms with van der Waals surface area (Å²) in [5, 5.41) is 6.46. The monoisotopic (exact) mass is 494 g/mol. The molecule has 2 N–H and O–H groups in total. The minimum Gasteiger partial charge on any atom is -0.368 e. The first kappa shape index (κ1) is 24.0. The molecule has 2 heterocycles. The van der Waals surface area contributed by atoms with E-state index in [9.17, 15) is 16.8 Å². The van der Waals surface area contributed by atoms with Crippen LogP contribution in [-0.2, 0) is 23.9 Å². The van der Waals surface area contributed by atoms with Crippen molar-refractivity contribution >= 4 is 31.6 Å². The lowest BCUT2D eigenvalue weighted by atomic mass is 10.2. The summed E-state index contributed by atoms with van der Waals surface area (Å²) in [6.07, 6.45) is 0. The average molecular weight is 495 g/mol. The third-order valence-corrected chi connectivity index (χ3v) is 9.03. The van der Waals surface area contributed by atoms with Gasteiger partial charge in [-0.05, 0) is 49.2 Å². The number of anilines is 2. The van der Waals surface area contributed by atoms with Crippen molar-refractivity contribution in [3.05, 3.63) is 47.5 Å². The molecular formula is C22H30N4O5S2. The molecule has 0 atom stereocenters. The zero-order valence-corrected chi connectivity index (χ0v) is 20.5. The van der Waals surface area contributed by atoms with Gasteiger partial charge in [-0.1, -0.05) is 12.1 Å². The molecule has 2 aromatic rings. The number of nitrogens with one attached hydrogen (secondary N) is 2. The molecule has 0 unspecified atom stereocenters. The van der Waals surface area contributed by atoms with Crippen molar-refractivity contribution in [1.29, 1.82) is 0 Å². The Morgan fingerprint density at radius 1 is 0.667 bits per heavy atom. The van der Waals surface area contributed by atoms with Crippen LogP contribution in [0.15, 0.2) is 46.2 Å². The lowest BCUT2D eigenvalue weighted by molar-refractivity contribution is 0.461. The number of hydrogen-bond donors (Lipinski definition) is 2. The van der Waals surface area contributed by atoms with Gasteiger partial charge >= 0.3 is 20.2 Å². The number of aryl methyl sites for hydroxylation is 2. The third-order valence-electron chi connectivity index (χ3n) is 5.86. The molecule has 0 spiro atoms. The van der Waals surface area contributed by atoms with Crippen LogP contribution >= 0.6 is 0 Å². The fraction of sp³-hybridized carbons (Fsp3) is 0.455. The predicted octanol–water partition coefficient (Wildman–Crippen LogP) is 1.22. The van der Waals surface area contributed by atoms with Crippen molar-refractivity contribution in [3.8, 4) is 0 Å². The molecule has 9 nitrogen and oxygen atoms in total. The summed E-state index contributed by atoms with van der Waals surface area (Å²) >= 11 is 0. The van der Waals surface area contributed by atoms with E-state index in [2.05, 4.69) is 10.6 Å². The molecule has 0 saturated carbocycles. The molecule has 0 amide bonds. The first-order valence-corrected chi connectivity index (χ1v) is 13.8. The molecule has 4 rings (SSSR count). The maximum absolute atomic E-state index is 13.3. The summed E-state index contributed by atoms with van der Waals surface area (Å²) in [4.78, 5) is 3.59. The van der Waals surface area contributed by atoms with Crippen LogP contribution in [0.5, 0.6) is 0 Å². The Balaban J connectivity index is 1.72. The molecule has 2 aromatic carbocycles. The fourth-order valence-electron chi connectivity index (χ4n) is 4.17. The molecule has 2 saturated heterocycles. The van der Waals surface area contributed by atoms with Gasteiger partial charge in [-0.25, -0.2) is 0 Å². The number of benzene rings is 2. The largest absolute Gasteiger partial charge is 0.368 e. The van der Waals surface area contributed by atoms with E-state index in [4.69, 9.17) is 3.63 Å². The summed E-state index contributed by atoms with van der Waals surface area (Å²) in [6, 6.07) is 9.98. The van der Waals surface area contributed by atoms with Gasteiger partial charge in [-0.2, -0.15) is 16.8 Å². The molecular weight excluding hydrogens is 464 g/mol. The molecule has 2 aliphatic rings. The molecule has 2 aliphatic heterocycles. The van der Waals surface area contributed by atoms with Crippen LogP contribution in [0, 0.1) is 13.8 Å². The van der Waals surface area contributed by atoms with Gasteiger partial charge < -0.3 is 20.4 Å². The van der Waals surface area contributed by atoms with Gasteiger partial charge in [0.15, 0.2) is 0 Å². The van der Waals surface area contributed by atoms with Gasteiger partial charge in [0.25, 0.3) is 0 Å².